The molecule has 174 valence electrons. The lowest BCUT2D eigenvalue weighted by Crippen LogP contribution is -2.30. The van der Waals surface area contributed by atoms with Crippen molar-refractivity contribution in [3.05, 3.63) is 68.4 Å². The Morgan fingerprint density at radius 1 is 1.26 bits per heavy atom. The molecule has 1 saturated heterocycles. The maximum Gasteiger partial charge on any atom is 0.373 e. The van der Waals surface area contributed by atoms with E-state index in [1.165, 1.54) is 19.2 Å². The monoisotopic (exact) mass is 478 g/mol. The molecule has 1 aliphatic rings. The highest BCUT2D eigenvalue weighted by Crippen LogP contribution is 2.34. The third kappa shape index (κ3) is 3.80. The lowest BCUT2D eigenvalue weighted by atomic mass is 10.2. The molecule has 3 aromatic rings. The van der Waals surface area contributed by atoms with E-state index in [1.54, 1.807) is 17.4 Å². The van der Waals surface area contributed by atoms with Crippen molar-refractivity contribution in [2.75, 3.05) is 7.11 Å². The van der Waals surface area contributed by atoms with E-state index in [9.17, 15) is 19.6 Å². The van der Waals surface area contributed by atoms with Gasteiger partial charge in [-0.1, -0.05) is 0 Å². The molecular weight excluding hydrogens is 456 g/mol. The second kappa shape index (κ2) is 8.68. The van der Waals surface area contributed by atoms with Gasteiger partial charge in [0.25, 0.3) is 5.91 Å². The number of nitrogens with zero attached hydrogens (tertiary/aromatic N) is 3. The molecule has 0 aliphatic carbocycles. The molecule has 34 heavy (non-hydrogen) atoms. The van der Waals surface area contributed by atoms with Crippen molar-refractivity contribution >= 4 is 35.3 Å². The first-order chi connectivity index (χ1) is 16.2. The zero-order valence-electron chi connectivity index (χ0n) is 19.3. The lowest BCUT2D eigenvalue weighted by Gasteiger charge is -2.09. The summed E-state index contributed by atoms with van der Waals surface area (Å²) in [5, 5.41) is 13.1. The summed E-state index contributed by atoms with van der Waals surface area (Å²) < 4.78 is 12.0. The third-order valence-electron chi connectivity index (χ3n) is 5.78. The van der Waals surface area contributed by atoms with Crippen molar-refractivity contribution in [1.29, 1.82) is 5.26 Å². The highest BCUT2D eigenvalue weighted by Gasteiger charge is 2.34. The van der Waals surface area contributed by atoms with Crippen molar-refractivity contribution in [2.24, 2.45) is 0 Å². The number of hydrogen-bond acceptors (Lipinski definition) is 7. The highest BCUT2D eigenvalue weighted by atomic mass is 32.1. The Balaban J connectivity index is 1.63. The summed E-state index contributed by atoms with van der Waals surface area (Å²) in [4.78, 5) is 39.0. The molecule has 0 unspecified atom stereocenters. The molecule has 4 rings (SSSR count). The van der Waals surface area contributed by atoms with Crippen LogP contribution in [-0.2, 0) is 16.1 Å². The fourth-order valence-electron chi connectivity index (χ4n) is 3.84. The van der Waals surface area contributed by atoms with Gasteiger partial charge in [0.05, 0.1) is 19.2 Å². The first-order valence-corrected chi connectivity index (χ1v) is 11.2. The minimum absolute atomic E-state index is 0.0106. The summed E-state index contributed by atoms with van der Waals surface area (Å²) in [5.74, 6) is -0.888. The van der Waals surface area contributed by atoms with E-state index < -0.39 is 17.9 Å². The van der Waals surface area contributed by atoms with Crippen LogP contribution in [0.25, 0.3) is 11.1 Å². The van der Waals surface area contributed by atoms with Crippen LogP contribution in [0.5, 0.6) is 0 Å². The SMILES string of the molecule is COC(=O)c1ccc(CN2C(=O)NC(=Cc3cc(C)n(-c4sc(C)c(C)c4C#N)c3C)C2=O)o1. The molecule has 1 aliphatic heterocycles. The average Bonchev–Trinajstić information content (AvgIpc) is 3.52. The van der Waals surface area contributed by atoms with Gasteiger partial charge < -0.3 is 19.0 Å². The Hall–Kier alpha value is -4.10. The Labute approximate surface area is 199 Å². The van der Waals surface area contributed by atoms with Gasteiger partial charge >= 0.3 is 12.0 Å². The average molecular weight is 479 g/mol. The smallest absolute Gasteiger partial charge is 0.373 e. The second-order valence-corrected chi connectivity index (χ2v) is 9.08. The summed E-state index contributed by atoms with van der Waals surface area (Å²) >= 11 is 1.54. The van der Waals surface area contributed by atoms with Gasteiger partial charge in [-0.05, 0) is 63.1 Å². The van der Waals surface area contributed by atoms with E-state index in [4.69, 9.17) is 4.42 Å². The standard InChI is InChI=1S/C24H22N4O5S/c1-12-8-16(14(3)28(12)22-18(10-25)13(2)15(4)34-22)9-19-21(29)27(24(31)26-19)11-17-6-7-20(33-17)23(30)32-5/h6-9H,11H2,1-5H3,(H,26,31). The number of aryl methyl sites for hydroxylation is 2. The molecule has 9 nitrogen and oxygen atoms in total. The number of nitrogens with one attached hydrogen (secondary N) is 1. The fourth-order valence-corrected chi connectivity index (χ4v) is 5.06. The van der Waals surface area contributed by atoms with E-state index in [-0.39, 0.29) is 23.8 Å². The van der Waals surface area contributed by atoms with Gasteiger partial charge in [0.1, 0.15) is 22.5 Å². The number of hydrogen-bond donors (Lipinski definition) is 1. The number of methoxy groups -OCH3 is 1. The number of aromatic nitrogens is 1. The number of esters is 1. The molecular formula is C24H22N4O5S. The molecule has 10 heteroatoms. The first kappa shape index (κ1) is 23.1. The number of urea groups is 1. The Kier molecular flexibility index (Phi) is 5.89. The minimum atomic E-state index is -0.643. The summed E-state index contributed by atoms with van der Waals surface area (Å²) in [6, 6.07) is 6.55. The number of imide groups is 1. The molecule has 0 saturated carbocycles. The van der Waals surface area contributed by atoms with Crippen molar-refractivity contribution in [3.8, 4) is 11.1 Å². The maximum atomic E-state index is 12.9. The van der Waals surface area contributed by atoms with Crippen LogP contribution in [0.1, 0.15) is 49.3 Å². The predicted molar refractivity (Wildman–Crippen MR) is 124 cm³/mol. The van der Waals surface area contributed by atoms with Crippen LogP contribution in [-0.4, -0.2) is 34.5 Å². The number of carbonyl (C=O) groups excluding carboxylic acids is 3. The molecule has 0 bridgehead atoms. The Bertz CT molecular complexity index is 1420. The third-order valence-corrected chi connectivity index (χ3v) is 6.97. The van der Waals surface area contributed by atoms with Gasteiger partial charge in [-0.25, -0.2) is 9.59 Å². The van der Waals surface area contributed by atoms with Crippen molar-refractivity contribution in [3.63, 3.8) is 0 Å². The Morgan fingerprint density at radius 2 is 2.00 bits per heavy atom. The van der Waals surface area contributed by atoms with Crippen LogP contribution >= 0.6 is 11.3 Å². The molecule has 1 N–H and O–H groups in total. The molecule has 0 radical (unpaired) electrons. The quantitative estimate of drug-likeness (QED) is 0.335. The number of carbonyl (C=O) groups is 3. The zero-order valence-corrected chi connectivity index (χ0v) is 20.1. The first-order valence-electron chi connectivity index (χ1n) is 10.4. The van der Waals surface area contributed by atoms with E-state index in [0.29, 0.717) is 5.56 Å². The molecule has 0 atom stereocenters. The summed E-state index contributed by atoms with van der Waals surface area (Å²) in [7, 11) is 1.23. The van der Waals surface area contributed by atoms with Gasteiger partial charge in [-0.15, -0.1) is 11.3 Å². The number of amides is 3. The van der Waals surface area contributed by atoms with Gasteiger partial charge in [-0.3, -0.25) is 9.69 Å². The van der Waals surface area contributed by atoms with Crippen LogP contribution in [0.15, 0.2) is 28.3 Å². The highest BCUT2D eigenvalue weighted by molar-refractivity contribution is 7.14. The van der Waals surface area contributed by atoms with Crippen LogP contribution in [0.3, 0.4) is 0 Å². The normalized spacial score (nSPS) is 14.6. The van der Waals surface area contributed by atoms with Crippen molar-refractivity contribution < 1.29 is 23.5 Å². The molecule has 4 heterocycles. The second-order valence-electron chi connectivity index (χ2n) is 7.87. The van der Waals surface area contributed by atoms with Gasteiger partial charge in [0.2, 0.25) is 5.76 Å². The molecule has 3 amide bonds. The van der Waals surface area contributed by atoms with E-state index >= 15 is 0 Å². The number of rotatable bonds is 5. The van der Waals surface area contributed by atoms with Crippen molar-refractivity contribution in [1.82, 2.24) is 14.8 Å². The van der Waals surface area contributed by atoms with Crippen LogP contribution in [0.2, 0.25) is 0 Å². The fraction of sp³-hybridized carbons (Fsp3) is 0.250. The number of furan rings is 1. The topological polar surface area (TPSA) is 118 Å². The molecule has 0 spiro atoms. The van der Waals surface area contributed by atoms with Gasteiger partial charge in [0, 0.05) is 16.3 Å². The summed E-state index contributed by atoms with van der Waals surface area (Å²) in [6.07, 6.45) is 1.63. The molecule has 1 fully saturated rings. The van der Waals surface area contributed by atoms with Gasteiger partial charge in [0.15, 0.2) is 0 Å². The van der Waals surface area contributed by atoms with Gasteiger partial charge in [-0.2, -0.15) is 5.26 Å². The summed E-state index contributed by atoms with van der Waals surface area (Å²) in [6.45, 7) is 7.62. The summed E-state index contributed by atoms with van der Waals surface area (Å²) in [5.41, 5.74) is 4.21. The zero-order chi connectivity index (χ0) is 24.7. The van der Waals surface area contributed by atoms with E-state index in [0.717, 1.165) is 37.3 Å². The maximum absolute atomic E-state index is 12.9. The predicted octanol–water partition coefficient (Wildman–Crippen LogP) is 4.12. The largest absolute Gasteiger partial charge is 0.463 e. The van der Waals surface area contributed by atoms with Crippen molar-refractivity contribution in [2.45, 2.75) is 34.2 Å². The lowest BCUT2D eigenvalue weighted by molar-refractivity contribution is -0.123. The number of thiophene rings is 1. The van der Waals surface area contributed by atoms with Crippen LogP contribution in [0.4, 0.5) is 4.79 Å². The molecule has 0 aromatic carbocycles. The molecule has 3 aromatic heterocycles. The Morgan fingerprint density at radius 3 is 2.68 bits per heavy atom. The number of nitriles is 1. The number of ether oxygens (including phenoxy) is 1. The van der Waals surface area contributed by atoms with Crippen LogP contribution < -0.4 is 5.32 Å². The minimum Gasteiger partial charge on any atom is -0.463 e. The van der Waals surface area contributed by atoms with Crippen LogP contribution in [0, 0.1) is 39.0 Å². The van der Waals surface area contributed by atoms with E-state index in [2.05, 4.69) is 16.1 Å². The van der Waals surface area contributed by atoms with E-state index in [1.807, 2.05) is 38.3 Å².